The normalized spacial score (nSPS) is 13.3. The number of anilines is 4. The van der Waals surface area contributed by atoms with Gasteiger partial charge in [0.2, 0.25) is 11.9 Å². The van der Waals surface area contributed by atoms with Crippen molar-refractivity contribution in [1.82, 2.24) is 25.3 Å². The highest BCUT2D eigenvalue weighted by Gasteiger charge is 2.30. The molecule has 8 aromatic rings. The van der Waals surface area contributed by atoms with Gasteiger partial charge in [0.1, 0.15) is 23.3 Å². The van der Waals surface area contributed by atoms with E-state index in [0.717, 1.165) is 5.56 Å². The predicted octanol–water partition coefficient (Wildman–Crippen LogP) is 12.2. The Morgan fingerprint density at radius 3 is 1.64 bits per heavy atom. The highest BCUT2D eigenvalue weighted by Crippen LogP contribution is 2.41. The van der Waals surface area contributed by atoms with Gasteiger partial charge in [-0.25, -0.2) is 37.5 Å². The van der Waals surface area contributed by atoms with Gasteiger partial charge in [-0.2, -0.15) is 0 Å². The Kier molecular flexibility index (Phi) is 13.8. The lowest BCUT2D eigenvalue weighted by Crippen LogP contribution is -2.23. The van der Waals surface area contributed by atoms with Crippen LogP contribution >= 0.6 is 23.2 Å². The molecule has 1 unspecified atom stereocenters. The smallest absolute Gasteiger partial charge is 0.227 e. The zero-order valence-corrected chi connectivity index (χ0v) is 39.2. The summed E-state index contributed by atoms with van der Waals surface area (Å²) in [5.74, 6) is 0.307. The molecule has 0 spiro atoms. The number of halogens is 6. The zero-order chi connectivity index (χ0) is 49.1. The maximum atomic E-state index is 14.7. The Balaban J connectivity index is 0.000000174. The minimum absolute atomic E-state index is 0.0690. The van der Waals surface area contributed by atoms with Crippen LogP contribution in [0.25, 0.3) is 22.5 Å². The third-order valence-electron chi connectivity index (χ3n) is 11.5. The molecular formula is C52H40Cl2F4N8O4. The Bertz CT molecular complexity index is 3220. The average molecular weight is 988 g/mol. The van der Waals surface area contributed by atoms with Gasteiger partial charge >= 0.3 is 0 Å². The Morgan fingerprint density at radius 1 is 0.557 bits per heavy atom. The molecule has 2 aliphatic heterocycles. The molecule has 6 aromatic carbocycles. The minimum atomic E-state index is -0.763. The number of ether oxygens (including phenoxy) is 4. The lowest BCUT2D eigenvalue weighted by molar-refractivity contribution is 0.355. The van der Waals surface area contributed by atoms with E-state index in [1.165, 1.54) is 36.4 Å². The summed E-state index contributed by atoms with van der Waals surface area (Å²) >= 11 is 12.6. The van der Waals surface area contributed by atoms with Gasteiger partial charge in [-0.3, -0.25) is 4.99 Å². The van der Waals surface area contributed by atoms with Gasteiger partial charge in [0.15, 0.2) is 23.0 Å². The quantitative estimate of drug-likeness (QED) is 0.113. The molecule has 0 fully saturated rings. The number of aromatic nitrogens is 4. The first-order chi connectivity index (χ1) is 34.0. The van der Waals surface area contributed by atoms with E-state index in [1.807, 2.05) is 18.2 Å². The van der Waals surface area contributed by atoms with Crippen LogP contribution in [0.4, 0.5) is 40.8 Å². The van der Waals surface area contributed by atoms with Crippen LogP contribution in [0, 0.1) is 23.3 Å². The van der Waals surface area contributed by atoms with E-state index in [9.17, 15) is 17.6 Å². The molecule has 0 aliphatic carbocycles. The van der Waals surface area contributed by atoms with E-state index < -0.39 is 29.3 Å². The molecule has 3 N–H and O–H groups in total. The summed E-state index contributed by atoms with van der Waals surface area (Å²) in [5.41, 5.74) is 6.46. The van der Waals surface area contributed by atoms with Crippen molar-refractivity contribution in [2.75, 3.05) is 39.1 Å². The SMILES string of the molecule is COc1ccc(Nc2ncc3c(n2)-c2ccc(Cl)cc2C(c2c(F)cccc2F)=NC3)cc1OC.COc1ccc(Nc2ncc3c(n2)-c2ccc(Cl)cc2C(c2c(F)cccc2F)NC3)cc1OC. The van der Waals surface area contributed by atoms with Crippen LogP contribution in [0.3, 0.4) is 0 Å². The summed E-state index contributed by atoms with van der Waals surface area (Å²) in [4.78, 5) is 22.9. The molecule has 0 bridgehead atoms. The first-order valence-corrected chi connectivity index (χ1v) is 22.2. The van der Waals surface area contributed by atoms with Crippen LogP contribution in [0.2, 0.25) is 10.0 Å². The van der Waals surface area contributed by atoms with Crippen LogP contribution in [-0.2, 0) is 13.1 Å². The Hall–Kier alpha value is -7.79. The summed E-state index contributed by atoms with van der Waals surface area (Å²) in [6, 6.07) is 27.9. The Morgan fingerprint density at radius 2 is 1.07 bits per heavy atom. The van der Waals surface area contributed by atoms with Gasteiger partial charge in [0.05, 0.1) is 63.7 Å². The minimum Gasteiger partial charge on any atom is -0.493 e. The second kappa shape index (κ2) is 20.4. The number of nitrogens with one attached hydrogen (secondary N) is 3. The van der Waals surface area contributed by atoms with E-state index in [2.05, 4.69) is 30.9 Å². The molecule has 2 aromatic heterocycles. The monoisotopic (exact) mass is 986 g/mol. The highest BCUT2D eigenvalue weighted by molar-refractivity contribution is 6.32. The van der Waals surface area contributed by atoms with E-state index in [0.29, 0.717) is 102 Å². The number of hydrogen-bond acceptors (Lipinski definition) is 12. The van der Waals surface area contributed by atoms with E-state index >= 15 is 0 Å². The van der Waals surface area contributed by atoms with Gasteiger partial charge in [0, 0.05) is 85.9 Å². The molecule has 0 amide bonds. The van der Waals surface area contributed by atoms with Crippen molar-refractivity contribution in [3.05, 3.63) is 188 Å². The van der Waals surface area contributed by atoms with Crippen LogP contribution in [0.1, 0.15) is 39.4 Å². The first kappa shape index (κ1) is 47.3. The topological polar surface area (TPSA) is 137 Å². The number of methoxy groups -OCH3 is 4. The van der Waals surface area contributed by atoms with Crippen LogP contribution in [0.5, 0.6) is 23.0 Å². The van der Waals surface area contributed by atoms with Crippen molar-refractivity contribution in [2.45, 2.75) is 19.1 Å². The molecule has 354 valence electrons. The first-order valence-electron chi connectivity index (χ1n) is 21.4. The summed E-state index contributed by atoms with van der Waals surface area (Å²) < 4.78 is 80.2. The van der Waals surface area contributed by atoms with E-state index in [4.69, 9.17) is 52.1 Å². The second-order valence-corrected chi connectivity index (χ2v) is 16.5. The number of nitrogens with zero attached hydrogens (tertiary/aromatic N) is 5. The summed E-state index contributed by atoms with van der Waals surface area (Å²) in [5, 5.41) is 10.5. The maximum Gasteiger partial charge on any atom is 0.227 e. The summed E-state index contributed by atoms with van der Waals surface area (Å²) in [7, 11) is 6.25. The standard InChI is InChI=1S/C26H21ClF2N4O2.C26H19ClF2N4O2/c2*1-34-21-9-7-16(11-22(21)35-2)32-26-31-13-14-12-30-25(23-19(28)4-3-5-20(23)29)18-10-15(27)6-8-17(18)24(14)33-26/h3-11,13,25,30H,12H2,1-2H3,(H,31,32,33);3-11,13H,12H2,1-2H3,(H,31,32,33). The molecular weight excluding hydrogens is 948 g/mol. The van der Waals surface area contributed by atoms with Crippen molar-refractivity contribution >= 4 is 52.2 Å². The zero-order valence-electron chi connectivity index (χ0n) is 37.7. The van der Waals surface area contributed by atoms with Crippen molar-refractivity contribution in [1.29, 1.82) is 0 Å². The van der Waals surface area contributed by atoms with Gasteiger partial charge in [0.25, 0.3) is 0 Å². The largest absolute Gasteiger partial charge is 0.493 e. The number of hydrogen-bond donors (Lipinski definition) is 3. The van der Waals surface area contributed by atoms with Crippen molar-refractivity contribution in [3.63, 3.8) is 0 Å². The van der Waals surface area contributed by atoms with Crippen molar-refractivity contribution in [3.8, 4) is 45.5 Å². The van der Waals surface area contributed by atoms with Crippen molar-refractivity contribution in [2.24, 2.45) is 4.99 Å². The number of aliphatic imine (C=N–C) groups is 1. The van der Waals surface area contributed by atoms with Crippen LogP contribution < -0.4 is 34.9 Å². The van der Waals surface area contributed by atoms with Gasteiger partial charge in [-0.05, 0) is 78.4 Å². The van der Waals surface area contributed by atoms with Gasteiger partial charge < -0.3 is 34.9 Å². The molecule has 18 heteroatoms. The third kappa shape index (κ3) is 9.61. The maximum absolute atomic E-state index is 14.7. The lowest BCUT2D eigenvalue weighted by Gasteiger charge is -2.20. The van der Waals surface area contributed by atoms with Crippen molar-refractivity contribution < 1.29 is 36.5 Å². The van der Waals surface area contributed by atoms with E-state index in [-0.39, 0.29) is 23.4 Å². The Labute approximate surface area is 409 Å². The molecule has 12 nitrogen and oxygen atoms in total. The highest BCUT2D eigenvalue weighted by atomic mass is 35.5. The van der Waals surface area contributed by atoms with Gasteiger partial charge in [-0.1, -0.05) is 47.5 Å². The number of rotatable bonds is 10. The number of benzene rings is 6. The lowest BCUT2D eigenvalue weighted by atomic mass is 9.93. The summed E-state index contributed by atoms with van der Waals surface area (Å²) in [6.45, 7) is 0.443. The molecule has 2 aliphatic rings. The van der Waals surface area contributed by atoms with E-state index in [1.54, 1.807) is 95.4 Å². The molecule has 4 heterocycles. The fraction of sp³-hybridized carbons (Fsp3) is 0.135. The fourth-order valence-corrected chi connectivity index (χ4v) is 8.54. The molecule has 0 saturated heterocycles. The molecule has 1 atom stereocenters. The molecule has 0 saturated carbocycles. The third-order valence-corrected chi connectivity index (χ3v) is 11.9. The number of fused-ring (bicyclic) bond motifs is 6. The second-order valence-electron chi connectivity index (χ2n) is 15.7. The predicted molar refractivity (Wildman–Crippen MR) is 261 cm³/mol. The van der Waals surface area contributed by atoms with Gasteiger partial charge in [-0.15, -0.1) is 0 Å². The molecule has 70 heavy (non-hydrogen) atoms. The average Bonchev–Trinajstić information content (AvgIpc) is 3.61. The fourth-order valence-electron chi connectivity index (χ4n) is 8.19. The molecule has 10 rings (SSSR count). The van der Waals surface area contributed by atoms with Crippen LogP contribution in [0.15, 0.2) is 127 Å². The van der Waals surface area contributed by atoms with Crippen LogP contribution in [-0.4, -0.2) is 54.1 Å². The molecule has 0 radical (unpaired) electrons. The summed E-state index contributed by atoms with van der Waals surface area (Å²) in [6.07, 6.45) is 3.34.